The summed E-state index contributed by atoms with van der Waals surface area (Å²) in [4.78, 5) is 17.1. The Morgan fingerprint density at radius 2 is 2.14 bits per heavy atom. The summed E-state index contributed by atoms with van der Waals surface area (Å²) in [7, 11) is 0. The van der Waals surface area contributed by atoms with Gasteiger partial charge in [-0.3, -0.25) is 4.79 Å². The van der Waals surface area contributed by atoms with Crippen molar-refractivity contribution in [2.75, 3.05) is 0 Å². The van der Waals surface area contributed by atoms with Crippen LogP contribution in [0, 0.1) is 5.92 Å². The number of carbonyl (C=O) groups is 1. The van der Waals surface area contributed by atoms with Gasteiger partial charge in [-0.2, -0.15) is 5.10 Å². The number of phenolic OH excluding ortho intramolecular Hbond substituents is 1. The van der Waals surface area contributed by atoms with Crippen LogP contribution >= 0.6 is 11.6 Å². The molecule has 112 valence electrons. The number of fused-ring (bicyclic) bond motifs is 2. The van der Waals surface area contributed by atoms with E-state index in [1.807, 2.05) is 6.07 Å². The van der Waals surface area contributed by atoms with Gasteiger partial charge in [0.25, 0.3) is 0 Å². The fourth-order valence-electron chi connectivity index (χ4n) is 3.36. The predicted molar refractivity (Wildman–Crippen MR) is 82.9 cm³/mol. The molecule has 1 aliphatic heterocycles. The molecule has 6 heteroatoms. The van der Waals surface area contributed by atoms with Crippen molar-refractivity contribution in [2.24, 2.45) is 10.9 Å². The molecule has 2 aliphatic rings. The number of aromatic nitrogens is 2. The van der Waals surface area contributed by atoms with Crippen molar-refractivity contribution in [3.63, 3.8) is 0 Å². The van der Waals surface area contributed by atoms with Crippen LogP contribution in [0.4, 0.5) is 5.82 Å². The molecule has 0 bridgehead atoms. The lowest BCUT2D eigenvalue weighted by Gasteiger charge is -2.34. The molecule has 0 radical (unpaired) electrons. The van der Waals surface area contributed by atoms with Gasteiger partial charge >= 0.3 is 0 Å². The number of ketones is 1. The number of Topliss-reactive ketones (excluding diaryl/α,β-unsaturated/α-hetero) is 1. The van der Waals surface area contributed by atoms with Crippen LogP contribution in [0.15, 0.2) is 35.5 Å². The Kier molecular flexibility index (Phi) is 3.04. The molecule has 5 nitrogen and oxygen atoms in total. The fraction of sp³-hybridized carbons (Fsp3) is 0.312. The van der Waals surface area contributed by atoms with Gasteiger partial charge in [0.15, 0.2) is 5.82 Å². The summed E-state index contributed by atoms with van der Waals surface area (Å²) in [5.74, 6) is 0.697. The van der Waals surface area contributed by atoms with E-state index in [1.165, 1.54) is 0 Å². The van der Waals surface area contributed by atoms with Crippen molar-refractivity contribution in [2.45, 2.75) is 25.3 Å². The predicted octanol–water partition coefficient (Wildman–Crippen LogP) is 3.29. The SMILES string of the molecule is O=C1CCCC2=Nc3ccnn3C(c3ccc(O)c(Cl)c3)C12. The van der Waals surface area contributed by atoms with E-state index >= 15 is 0 Å². The van der Waals surface area contributed by atoms with Crippen LogP contribution in [0.5, 0.6) is 5.75 Å². The molecule has 0 amide bonds. The van der Waals surface area contributed by atoms with Crippen LogP contribution in [0.2, 0.25) is 5.02 Å². The van der Waals surface area contributed by atoms with Gasteiger partial charge in [0.05, 0.1) is 23.2 Å². The Balaban J connectivity index is 1.90. The molecule has 2 aromatic rings. The van der Waals surface area contributed by atoms with Crippen LogP contribution in [0.25, 0.3) is 0 Å². The highest BCUT2D eigenvalue weighted by Crippen LogP contribution is 2.41. The first kappa shape index (κ1) is 13.5. The highest BCUT2D eigenvalue weighted by Gasteiger charge is 2.41. The molecule has 2 atom stereocenters. The molecule has 1 aromatic carbocycles. The van der Waals surface area contributed by atoms with Gasteiger partial charge in [-0.25, -0.2) is 9.67 Å². The zero-order valence-electron chi connectivity index (χ0n) is 11.7. The van der Waals surface area contributed by atoms with Crippen LogP contribution in [0.1, 0.15) is 30.9 Å². The summed E-state index contributed by atoms with van der Waals surface area (Å²) in [6.07, 6.45) is 3.95. The molecule has 1 aromatic heterocycles. The molecule has 1 saturated carbocycles. The van der Waals surface area contributed by atoms with E-state index < -0.39 is 0 Å². The molecule has 0 saturated heterocycles. The molecule has 4 rings (SSSR count). The molecule has 0 spiro atoms. The summed E-state index contributed by atoms with van der Waals surface area (Å²) in [6.45, 7) is 0. The van der Waals surface area contributed by atoms with Crippen LogP contribution < -0.4 is 0 Å². The number of rotatable bonds is 1. The van der Waals surface area contributed by atoms with Gasteiger partial charge in [-0.1, -0.05) is 17.7 Å². The largest absolute Gasteiger partial charge is 0.506 e. The number of nitrogens with zero attached hydrogens (tertiary/aromatic N) is 3. The van der Waals surface area contributed by atoms with Crippen molar-refractivity contribution in [3.8, 4) is 5.75 Å². The maximum atomic E-state index is 12.5. The number of aliphatic imine (C=N–C) groups is 1. The van der Waals surface area contributed by atoms with E-state index in [0.29, 0.717) is 6.42 Å². The van der Waals surface area contributed by atoms with Gasteiger partial charge in [0.2, 0.25) is 0 Å². The summed E-state index contributed by atoms with van der Waals surface area (Å²) < 4.78 is 1.78. The normalized spacial score (nSPS) is 23.7. The second kappa shape index (κ2) is 4.95. The smallest absolute Gasteiger partial charge is 0.150 e. The van der Waals surface area contributed by atoms with Gasteiger partial charge in [0, 0.05) is 18.2 Å². The number of aromatic hydroxyl groups is 1. The fourth-order valence-corrected chi connectivity index (χ4v) is 3.55. The Hall–Kier alpha value is -2.14. The summed E-state index contributed by atoms with van der Waals surface area (Å²) in [5, 5.41) is 14.3. The van der Waals surface area contributed by atoms with E-state index in [0.717, 1.165) is 29.9 Å². The van der Waals surface area contributed by atoms with E-state index in [-0.39, 0.29) is 28.5 Å². The van der Waals surface area contributed by atoms with Crippen molar-refractivity contribution < 1.29 is 9.90 Å². The Morgan fingerprint density at radius 3 is 2.95 bits per heavy atom. The lowest BCUT2D eigenvalue weighted by atomic mass is 9.77. The average molecular weight is 316 g/mol. The average Bonchev–Trinajstić information content (AvgIpc) is 2.96. The lowest BCUT2D eigenvalue weighted by molar-refractivity contribution is -0.122. The topological polar surface area (TPSA) is 67.5 Å². The summed E-state index contributed by atoms with van der Waals surface area (Å²) in [6, 6.07) is 6.65. The quantitative estimate of drug-likeness (QED) is 0.878. The van der Waals surface area contributed by atoms with E-state index in [2.05, 4.69) is 10.1 Å². The van der Waals surface area contributed by atoms with Crippen LogP contribution in [-0.2, 0) is 4.79 Å². The minimum Gasteiger partial charge on any atom is -0.506 e. The van der Waals surface area contributed by atoms with Crippen molar-refractivity contribution in [1.82, 2.24) is 9.78 Å². The first-order chi connectivity index (χ1) is 10.6. The zero-order chi connectivity index (χ0) is 15.3. The zero-order valence-corrected chi connectivity index (χ0v) is 12.5. The van der Waals surface area contributed by atoms with Crippen LogP contribution in [0.3, 0.4) is 0 Å². The lowest BCUT2D eigenvalue weighted by Crippen LogP contribution is -2.39. The second-order valence-corrected chi connectivity index (χ2v) is 6.10. The monoisotopic (exact) mass is 315 g/mol. The van der Waals surface area contributed by atoms with E-state index in [4.69, 9.17) is 11.6 Å². The summed E-state index contributed by atoms with van der Waals surface area (Å²) in [5.41, 5.74) is 1.79. The maximum Gasteiger partial charge on any atom is 0.150 e. The number of carbonyl (C=O) groups excluding carboxylic acids is 1. The molecular formula is C16H14ClN3O2. The number of halogens is 1. The molecule has 2 heterocycles. The molecule has 1 fully saturated rings. The minimum absolute atomic E-state index is 0.0331. The van der Waals surface area contributed by atoms with E-state index in [9.17, 15) is 9.90 Å². The van der Waals surface area contributed by atoms with Crippen LogP contribution in [-0.4, -0.2) is 26.4 Å². The maximum absolute atomic E-state index is 12.5. The number of hydrogen-bond acceptors (Lipinski definition) is 4. The highest BCUT2D eigenvalue weighted by molar-refractivity contribution is 6.32. The van der Waals surface area contributed by atoms with E-state index in [1.54, 1.807) is 29.1 Å². The number of benzene rings is 1. The summed E-state index contributed by atoms with van der Waals surface area (Å²) >= 11 is 6.05. The molecule has 22 heavy (non-hydrogen) atoms. The first-order valence-corrected chi connectivity index (χ1v) is 7.65. The third-order valence-corrected chi connectivity index (χ3v) is 4.66. The second-order valence-electron chi connectivity index (χ2n) is 5.69. The van der Waals surface area contributed by atoms with Gasteiger partial charge < -0.3 is 5.11 Å². The third kappa shape index (κ3) is 1.96. The highest BCUT2D eigenvalue weighted by atomic mass is 35.5. The Bertz CT molecular complexity index is 796. The van der Waals surface area contributed by atoms with Crippen molar-refractivity contribution >= 4 is 28.9 Å². The minimum atomic E-state index is -0.290. The number of phenols is 1. The van der Waals surface area contributed by atoms with Gasteiger partial charge in [-0.15, -0.1) is 0 Å². The van der Waals surface area contributed by atoms with Gasteiger partial charge in [-0.05, 0) is 30.5 Å². The third-order valence-electron chi connectivity index (χ3n) is 4.36. The first-order valence-electron chi connectivity index (χ1n) is 7.27. The molecular weight excluding hydrogens is 302 g/mol. The Labute approximate surface area is 132 Å². The van der Waals surface area contributed by atoms with Crippen molar-refractivity contribution in [1.29, 1.82) is 0 Å². The number of hydrogen-bond donors (Lipinski definition) is 1. The van der Waals surface area contributed by atoms with Gasteiger partial charge in [0.1, 0.15) is 11.5 Å². The molecule has 1 N–H and O–H groups in total. The Morgan fingerprint density at radius 1 is 1.27 bits per heavy atom. The molecule has 2 unspecified atom stereocenters. The standard InChI is InChI=1S/C16H14ClN3O2/c17-10-8-9(4-5-12(10)21)16-15-11(2-1-3-13(15)22)19-14-6-7-18-20(14)16/h4-8,15-16,21H,1-3H2. The molecule has 1 aliphatic carbocycles. The van der Waals surface area contributed by atoms with Crippen molar-refractivity contribution in [3.05, 3.63) is 41.0 Å².